The number of nitrogens with two attached hydrogens (primary N) is 1. The Morgan fingerprint density at radius 2 is 2.00 bits per heavy atom. The monoisotopic (exact) mass is 387 g/mol. The molecular weight excluding hydrogens is 369 g/mol. The zero-order valence-electron chi connectivity index (χ0n) is 15.0. The highest BCUT2D eigenvalue weighted by Crippen LogP contribution is 2.42. The Balaban J connectivity index is 1.93. The first-order chi connectivity index (χ1) is 12.8. The third-order valence-corrected chi connectivity index (χ3v) is 5.19. The van der Waals surface area contributed by atoms with Crippen LogP contribution in [-0.4, -0.2) is 32.9 Å². The summed E-state index contributed by atoms with van der Waals surface area (Å²) >= 11 is 5.82. The molecule has 0 atom stereocenters. The lowest BCUT2D eigenvalue weighted by Crippen LogP contribution is -2.34. The Hall–Kier alpha value is -2.67. The number of carbonyl (C=O) groups is 1. The molecule has 1 aliphatic rings. The molecule has 0 spiro atoms. The van der Waals surface area contributed by atoms with Gasteiger partial charge in [0.05, 0.1) is 11.4 Å². The van der Waals surface area contributed by atoms with Gasteiger partial charge >= 0.3 is 0 Å². The van der Waals surface area contributed by atoms with E-state index < -0.39 is 0 Å². The third kappa shape index (κ3) is 2.82. The van der Waals surface area contributed by atoms with Crippen molar-refractivity contribution in [1.29, 1.82) is 0 Å². The molecule has 0 aliphatic carbocycles. The maximum Gasteiger partial charge on any atom is 0.241 e. The van der Waals surface area contributed by atoms with E-state index in [2.05, 4.69) is 10.2 Å². The lowest BCUT2D eigenvalue weighted by molar-refractivity contribution is -0.116. The van der Waals surface area contributed by atoms with Crippen LogP contribution in [0.15, 0.2) is 30.3 Å². The summed E-state index contributed by atoms with van der Waals surface area (Å²) in [7, 11) is 0. The second-order valence-electron chi connectivity index (χ2n) is 7.42. The highest BCUT2D eigenvalue weighted by atomic mass is 35.5. The van der Waals surface area contributed by atoms with Crippen molar-refractivity contribution in [3.63, 3.8) is 0 Å². The van der Waals surface area contributed by atoms with Gasteiger partial charge in [-0.1, -0.05) is 26.0 Å². The summed E-state index contributed by atoms with van der Waals surface area (Å²) in [5.74, 6) is -0.277. The number of fused-ring (bicyclic) bond motifs is 3. The van der Waals surface area contributed by atoms with Crippen molar-refractivity contribution >= 4 is 34.8 Å². The molecule has 140 valence electrons. The van der Waals surface area contributed by atoms with E-state index in [1.54, 1.807) is 17.0 Å². The number of rotatable bonds is 3. The molecular formula is C19H19ClFN5O. The van der Waals surface area contributed by atoms with Gasteiger partial charge in [0.1, 0.15) is 11.7 Å². The number of benzene rings is 1. The highest BCUT2D eigenvalue weighted by Gasteiger charge is 2.41. The molecule has 0 bridgehead atoms. The van der Waals surface area contributed by atoms with Crippen LogP contribution in [0.5, 0.6) is 0 Å². The number of anilines is 2. The fourth-order valence-electron chi connectivity index (χ4n) is 3.79. The summed E-state index contributed by atoms with van der Waals surface area (Å²) < 4.78 is 15.0. The molecule has 0 saturated heterocycles. The van der Waals surface area contributed by atoms with Gasteiger partial charge in [-0.3, -0.25) is 9.20 Å². The van der Waals surface area contributed by atoms with Gasteiger partial charge < -0.3 is 10.6 Å². The van der Waals surface area contributed by atoms with E-state index in [0.717, 1.165) is 22.5 Å². The summed E-state index contributed by atoms with van der Waals surface area (Å²) in [5, 5.41) is 8.30. The lowest BCUT2D eigenvalue weighted by atomic mass is 9.90. The van der Waals surface area contributed by atoms with Crippen LogP contribution in [0.2, 0.25) is 0 Å². The minimum Gasteiger partial charge on any atom is -0.368 e. The Bertz CT molecular complexity index is 1040. The van der Waals surface area contributed by atoms with Crippen LogP contribution in [0, 0.1) is 5.82 Å². The van der Waals surface area contributed by atoms with Crippen LogP contribution >= 0.6 is 11.6 Å². The van der Waals surface area contributed by atoms with Crippen LogP contribution < -0.4 is 10.6 Å². The molecule has 0 fully saturated rings. The molecule has 2 N–H and O–H groups in total. The number of hydrogen-bond donors (Lipinski definition) is 1. The van der Waals surface area contributed by atoms with Crippen LogP contribution in [0.1, 0.15) is 30.7 Å². The van der Waals surface area contributed by atoms with Gasteiger partial charge in [-0.05, 0) is 23.8 Å². The molecule has 0 radical (unpaired) electrons. The maximum atomic E-state index is 13.2. The topological polar surface area (TPSA) is 76.5 Å². The third-order valence-electron chi connectivity index (χ3n) is 4.96. The largest absolute Gasteiger partial charge is 0.368 e. The minimum absolute atomic E-state index is 0.0987. The number of alkyl halides is 1. The molecule has 1 aliphatic heterocycles. The summed E-state index contributed by atoms with van der Waals surface area (Å²) in [4.78, 5) is 14.1. The van der Waals surface area contributed by atoms with E-state index >= 15 is 0 Å². The predicted molar refractivity (Wildman–Crippen MR) is 103 cm³/mol. The van der Waals surface area contributed by atoms with Crippen molar-refractivity contribution < 1.29 is 9.18 Å². The van der Waals surface area contributed by atoms with Gasteiger partial charge in [-0.2, -0.15) is 0 Å². The normalized spacial score (nSPS) is 15.3. The van der Waals surface area contributed by atoms with Crippen molar-refractivity contribution in [1.82, 2.24) is 14.6 Å². The van der Waals surface area contributed by atoms with Crippen molar-refractivity contribution in [3.8, 4) is 0 Å². The van der Waals surface area contributed by atoms with Gasteiger partial charge in [0, 0.05) is 23.9 Å². The first kappa shape index (κ1) is 17.7. The van der Waals surface area contributed by atoms with Crippen molar-refractivity contribution in [3.05, 3.63) is 53.0 Å². The molecule has 6 nitrogen and oxygen atoms in total. The summed E-state index contributed by atoms with van der Waals surface area (Å²) in [6.45, 7) is 4.60. The number of pyridine rings is 1. The number of nitrogens with zero attached hydrogens (tertiary/aromatic N) is 4. The van der Waals surface area contributed by atoms with Gasteiger partial charge in [-0.15, -0.1) is 21.8 Å². The molecule has 3 aromatic rings. The SMILES string of the molecule is CC1(C)CN(C(=O)CCl)c2cc(Cc3ccc(F)cc3)c3nnc(N)n3c21. The number of amides is 1. The molecule has 3 heterocycles. The van der Waals surface area contributed by atoms with Crippen LogP contribution in [0.4, 0.5) is 16.0 Å². The zero-order valence-corrected chi connectivity index (χ0v) is 15.8. The van der Waals surface area contributed by atoms with Crippen LogP contribution in [0.3, 0.4) is 0 Å². The Morgan fingerprint density at radius 3 is 2.67 bits per heavy atom. The fraction of sp³-hybridized carbons (Fsp3) is 0.316. The zero-order chi connectivity index (χ0) is 19.3. The molecule has 1 aromatic carbocycles. The number of aromatic nitrogens is 3. The van der Waals surface area contributed by atoms with E-state index in [1.807, 2.05) is 24.3 Å². The minimum atomic E-state index is -0.333. The molecule has 2 aromatic heterocycles. The number of nitrogen functional groups attached to an aromatic ring is 1. The lowest BCUT2D eigenvalue weighted by Gasteiger charge is -2.20. The van der Waals surface area contributed by atoms with Gasteiger partial charge in [-0.25, -0.2) is 4.39 Å². The van der Waals surface area contributed by atoms with Gasteiger partial charge in [0.15, 0.2) is 5.65 Å². The second-order valence-corrected chi connectivity index (χ2v) is 7.69. The average Bonchev–Trinajstić information content (AvgIpc) is 3.14. The number of hydrogen-bond acceptors (Lipinski definition) is 4. The van der Waals surface area contributed by atoms with Crippen LogP contribution in [-0.2, 0) is 16.6 Å². The molecule has 0 saturated carbocycles. The number of halogens is 2. The van der Waals surface area contributed by atoms with E-state index in [9.17, 15) is 9.18 Å². The number of carbonyl (C=O) groups excluding carboxylic acids is 1. The Labute approximate surface area is 160 Å². The highest BCUT2D eigenvalue weighted by molar-refractivity contribution is 6.29. The van der Waals surface area contributed by atoms with Crippen LogP contribution in [0.25, 0.3) is 5.65 Å². The van der Waals surface area contributed by atoms with E-state index in [1.165, 1.54) is 12.1 Å². The molecule has 0 unspecified atom stereocenters. The second kappa shape index (κ2) is 6.20. The Kier molecular flexibility index (Phi) is 4.07. The first-order valence-corrected chi connectivity index (χ1v) is 9.13. The van der Waals surface area contributed by atoms with Crippen molar-refractivity contribution in [2.24, 2.45) is 0 Å². The summed E-state index contributed by atoms with van der Waals surface area (Å²) in [5.41, 5.74) is 9.86. The molecule has 1 amide bonds. The van der Waals surface area contributed by atoms with E-state index in [0.29, 0.717) is 18.6 Å². The van der Waals surface area contributed by atoms with E-state index in [-0.39, 0.29) is 29.0 Å². The standard InChI is InChI=1S/C19H19ClFN5O/c1-19(2)10-25(15(27)9-20)14-8-12(7-11-3-5-13(21)6-4-11)17-23-24-18(22)26(17)16(14)19/h3-6,8H,7,9-10H2,1-2H3,(H2,22,24). The fourth-order valence-corrected chi connectivity index (χ4v) is 3.94. The molecule has 27 heavy (non-hydrogen) atoms. The Morgan fingerprint density at radius 1 is 1.30 bits per heavy atom. The van der Waals surface area contributed by atoms with Crippen molar-refractivity contribution in [2.75, 3.05) is 23.1 Å². The summed E-state index contributed by atoms with van der Waals surface area (Å²) in [6, 6.07) is 8.24. The average molecular weight is 388 g/mol. The quantitative estimate of drug-likeness (QED) is 0.701. The van der Waals surface area contributed by atoms with E-state index in [4.69, 9.17) is 17.3 Å². The van der Waals surface area contributed by atoms with Crippen molar-refractivity contribution in [2.45, 2.75) is 25.7 Å². The smallest absolute Gasteiger partial charge is 0.241 e. The molecule has 8 heteroatoms. The summed E-state index contributed by atoms with van der Waals surface area (Å²) in [6.07, 6.45) is 0.512. The van der Waals surface area contributed by atoms with Gasteiger partial charge in [0.25, 0.3) is 0 Å². The van der Waals surface area contributed by atoms with Gasteiger partial charge in [0.2, 0.25) is 11.9 Å². The first-order valence-electron chi connectivity index (χ1n) is 8.59. The molecule has 4 rings (SSSR count). The maximum absolute atomic E-state index is 13.2. The predicted octanol–water partition coefficient (Wildman–Crippen LogP) is 2.90.